The van der Waals surface area contributed by atoms with Crippen LogP contribution in [0, 0.1) is 0 Å². The maximum absolute atomic E-state index is 10.8. The molecule has 1 rings (SSSR count). The Balaban J connectivity index is 2.39. The average molecular weight is 185 g/mol. The molecule has 3 nitrogen and oxygen atoms in total. The molecule has 1 heterocycles. The number of ether oxygens (including phenoxy) is 1. The Morgan fingerprint density at radius 1 is 1.62 bits per heavy atom. The number of nitrogens with one attached hydrogen (secondary N) is 1. The third kappa shape index (κ3) is 3.35. The molecule has 1 fully saturated rings. The lowest BCUT2D eigenvalue weighted by molar-refractivity contribution is -0.148. The van der Waals surface area contributed by atoms with Gasteiger partial charge in [-0.05, 0) is 25.8 Å². The molecule has 1 aliphatic heterocycles. The molecular weight excluding hydrogens is 166 g/mol. The second kappa shape index (κ2) is 5.22. The van der Waals surface area contributed by atoms with E-state index in [1.165, 1.54) is 19.8 Å². The van der Waals surface area contributed by atoms with Gasteiger partial charge in [0.05, 0.1) is 0 Å². The first-order valence-electron chi connectivity index (χ1n) is 5.14. The highest BCUT2D eigenvalue weighted by atomic mass is 16.5. The molecule has 1 saturated heterocycles. The highest BCUT2D eigenvalue weighted by Crippen LogP contribution is 2.15. The quantitative estimate of drug-likeness (QED) is 0.677. The summed E-state index contributed by atoms with van der Waals surface area (Å²) in [6.07, 6.45) is 4.59. The first kappa shape index (κ1) is 10.5. The highest BCUT2D eigenvalue weighted by Gasteiger charge is 2.23. The van der Waals surface area contributed by atoms with Gasteiger partial charge in [0.1, 0.15) is 6.10 Å². The Bertz CT molecular complexity index is 164. The van der Waals surface area contributed by atoms with Crippen molar-refractivity contribution in [2.24, 2.45) is 0 Å². The van der Waals surface area contributed by atoms with Gasteiger partial charge in [0.15, 0.2) is 0 Å². The maximum atomic E-state index is 10.8. The fourth-order valence-corrected chi connectivity index (χ4v) is 1.86. The van der Waals surface area contributed by atoms with Crippen molar-refractivity contribution in [1.82, 2.24) is 5.32 Å². The fourth-order valence-electron chi connectivity index (χ4n) is 1.86. The maximum Gasteiger partial charge on any atom is 0.302 e. The number of esters is 1. The predicted octanol–water partition coefficient (Wildman–Crippen LogP) is 1.47. The van der Waals surface area contributed by atoms with Crippen LogP contribution in [0.15, 0.2) is 0 Å². The number of rotatable bonds is 3. The van der Waals surface area contributed by atoms with Crippen molar-refractivity contribution >= 4 is 5.97 Å². The van der Waals surface area contributed by atoms with Crippen LogP contribution in [0.4, 0.5) is 0 Å². The van der Waals surface area contributed by atoms with Crippen molar-refractivity contribution < 1.29 is 9.53 Å². The summed E-state index contributed by atoms with van der Waals surface area (Å²) in [4.78, 5) is 10.8. The molecule has 76 valence electrons. The van der Waals surface area contributed by atoms with Crippen molar-refractivity contribution in [3.05, 3.63) is 0 Å². The minimum atomic E-state index is -0.167. The minimum absolute atomic E-state index is 0.0674. The summed E-state index contributed by atoms with van der Waals surface area (Å²) >= 11 is 0. The molecule has 0 aromatic heterocycles. The third-order valence-electron chi connectivity index (χ3n) is 2.52. The largest absolute Gasteiger partial charge is 0.461 e. The van der Waals surface area contributed by atoms with Crippen LogP contribution < -0.4 is 5.32 Å². The van der Waals surface area contributed by atoms with E-state index in [4.69, 9.17) is 4.74 Å². The van der Waals surface area contributed by atoms with Crippen LogP contribution in [-0.4, -0.2) is 24.7 Å². The monoisotopic (exact) mass is 185 g/mol. The summed E-state index contributed by atoms with van der Waals surface area (Å²) in [5, 5.41) is 3.40. The Morgan fingerprint density at radius 2 is 2.38 bits per heavy atom. The van der Waals surface area contributed by atoms with Crippen LogP contribution >= 0.6 is 0 Å². The summed E-state index contributed by atoms with van der Waals surface area (Å²) in [5.74, 6) is -0.167. The first-order chi connectivity index (χ1) is 6.24. The van der Waals surface area contributed by atoms with Gasteiger partial charge in [0.2, 0.25) is 0 Å². The topological polar surface area (TPSA) is 38.3 Å². The summed E-state index contributed by atoms with van der Waals surface area (Å²) in [6.45, 7) is 4.60. The van der Waals surface area contributed by atoms with Gasteiger partial charge in [-0.1, -0.05) is 13.3 Å². The van der Waals surface area contributed by atoms with E-state index in [2.05, 4.69) is 12.2 Å². The number of piperidine rings is 1. The van der Waals surface area contributed by atoms with E-state index in [-0.39, 0.29) is 12.1 Å². The van der Waals surface area contributed by atoms with Crippen molar-refractivity contribution in [3.63, 3.8) is 0 Å². The molecule has 0 amide bonds. The molecule has 0 aromatic rings. The van der Waals surface area contributed by atoms with Crippen molar-refractivity contribution in [3.8, 4) is 0 Å². The summed E-state index contributed by atoms with van der Waals surface area (Å²) < 4.78 is 5.24. The molecule has 2 atom stereocenters. The Kier molecular flexibility index (Phi) is 4.22. The molecular formula is C10H19NO2. The van der Waals surface area contributed by atoms with Crippen LogP contribution in [-0.2, 0) is 9.53 Å². The molecule has 0 radical (unpaired) electrons. The lowest BCUT2D eigenvalue weighted by atomic mass is 9.98. The van der Waals surface area contributed by atoms with E-state index in [1.807, 2.05) is 0 Å². The molecule has 0 bridgehead atoms. The van der Waals surface area contributed by atoms with Crippen LogP contribution in [0.3, 0.4) is 0 Å². The zero-order valence-corrected chi connectivity index (χ0v) is 8.51. The van der Waals surface area contributed by atoms with Gasteiger partial charge < -0.3 is 10.1 Å². The molecule has 1 N–H and O–H groups in total. The van der Waals surface area contributed by atoms with Gasteiger partial charge in [0.25, 0.3) is 0 Å². The standard InChI is InChI=1S/C10H19NO2/c1-3-10(13-8(2)12)9-6-4-5-7-11-9/h9-11H,3-7H2,1-2H3/t9-,10-/m1/s1. The number of carbonyl (C=O) groups is 1. The number of hydrogen-bond acceptors (Lipinski definition) is 3. The molecule has 0 saturated carbocycles. The molecule has 3 heteroatoms. The summed E-state index contributed by atoms with van der Waals surface area (Å²) in [5.41, 5.74) is 0. The number of carbonyl (C=O) groups excluding carboxylic acids is 1. The fraction of sp³-hybridized carbons (Fsp3) is 0.900. The van der Waals surface area contributed by atoms with Gasteiger partial charge >= 0.3 is 5.97 Å². The predicted molar refractivity (Wildman–Crippen MR) is 51.5 cm³/mol. The average Bonchev–Trinajstić information content (AvgIpc) is 2.15. The Labute approximate surface area is 79.8 Å². The second-order valence-corrected chi connectivity index (χ2v) is 3.61. The minimum Gasteiger partial charge on any atom is -0.461 e. The molecule has 0 aromatic carbocycles. The summed E-state index contributed by atoms with van der Waals surface area (Å²) in [6, 6.07) is 0.377. The van der Waals surface area contributed by atoms with E-state index in [9.17, 15) is 4.79 Å². The molecule has 0 aliphatic carbocycles. The van der Waals surface area contributed by atoms with Crippen LogP contribution in [0.25, 0.3) is 0 Å². The lowest BCUT2D eigenvalue weighted by Crippen LogP contribution is -2.44. The van der Waals surface area contributed by atoms with Crippen molar-refractivity contribution in [2.75, 3.05) is 6.54 Å². The van der Waals surface area contributed by atoms with Crippen LogP contribution in [0.5, 0.6) is 0 Å². The molecule has 13 heavy (non-hydrogen) atoms. The highest BCUT2D eigenvalue weighted by molar-refractivity contribution is 5.66. The smallest absolute Gasteiger partial charge is 0.302 e. The van der Waals surface area contributed by atoms with Crippen LogP contribution in [0.1, 0.15) is 39.5 Å². The Hall–Kier alpha value is -0.570. The summed E-state index contributed by atoms with van der Waals surface area (Å²) in [7, 11) is 0. The first-order valence-corrected chi connectivity index (χ1v) is 5.14. The van der Waals surface area contributed by atoms with Crippen LogP contribution in [0.2, 0.25) is 0 Å². The van der Waals surface area contributed by atoms with Gasteiger partial charge in [-0.15, -0.1) is 0 Å². The van der Waals surface area contributed by atoms with Gasteiger partial charge in [-0.3, -0.25) is 4.79 Å². The van der Waals surface area contributed by atoms with E-state index < -0.39 is 0 Å². The van der Waals surface area contributed by atoms with Crippen molar-refractivity contribution in [1.29, 1.82) is 0 Å². The van der Waals surface area contributed by atoms with E-state index in [0.29, 0.717) is 6.04 Å². The molecule has 1 aliphatic rings. The van der Waals surface area contributed by atoms with Gasteiger partial charge in [-0.2, -0.15) is 0 Å². The lowest BCUT2D eigenvalue weighted by Gasteiger charge is -2.30. The van der Waals surface area contributed by atoms with Gasteiger partial charge in [0, 0.05) is 13.0 Å². The van der Waals surface area contributed by atoms with E-state index in [1.54, 1.807) is 0 Å². The second-order valence-electron chi connectivity index (χ2n) is 3.61. The Morgan fingerprint density at radius 3 is 2.85 bits per heavy atom. The van der Waals surface area contributed by atoms with E-state index in [0.717, 1.165) is 19.4 Å². The zero-order chi connectivity index (χ0) is 9.68. The van der Waals surface area contributed by atoms with Gasteiger partial charge in [-0.25, -0.2) is 0 Å². The normalized spacial score (nSPS) is 25.2. The number of hydrogen-bond donors (Lipinski definition) is 1. The molecule has 0 unspecified atom stereocenters. The van der Waals surface area contributed by atoms with E-state index >= 15 is 0 Å². The zero-order valence-electron chi connectivity index (χ0n) is 8.51. The molecule has 0 spiro atoms. The van der Waals surface area contributed by atoms with Crippen molar-refractivity contribution in [2.45, 2.75) is 51.7 Å². The third-order valence-corrected chi connectivity index (χ3v) is 2.52. The SMILES string of the molecule is CC[C@@H](OC(C)=O)[C@H]1CCCCN1.